The van der Waals surface area contributed by atoms with E-state index in [0.29, 0.717) is 25.2 Å². The van der Waals surface area contributed by atoms with Crippen LogP contribution >= 0.6 is 0 Å². The fourth-order valence-corrected chi connectivity index (χ4v) is 2.51. The maximum absolute atomic E-state index is 11.8. The fraction of sp³-hybridized carbons (Fsp3) is 0.619. The van der Waals surface area contributed by atoms with Crippen molar-refractivity contribution in [1.82, 2.24) is 0 Å². The highest BCUT2D eigenvalue weighted by Crippen LogP contribution is 2.14. The van der Waals surface area contributed by atoms with Gasteiger partial charge < -0.3 is 9.47 Å². The Morgan fingerprint density at radius 2 is 1.52 bits per heavy atom. The monoisotopic (exact) mass is 348 g/mol. The molecule has 0 heterocycles. The zero-order valence-corrected chi connectivity index (χ0v) is 15.7. The van der Waals surface area contributed by atoms with Crippen molar-refractivity contribution in [2.75, 3.05) is 6.61 Å². The van der Waals surface area contributed by atoms with E-state index in [4.69, 9.17) is 9.47 Å². The quantitative estimate of drug-likeness (QED) is 0.273. The summed E-state index contributed by atoms with van der Waals surface area (Å²) in [6.45, 7) is 4.60. The highest BCUT2D eigenvalue weighted by molar-refractivity contribution is 5.72. The highest BCUT2D eigenvalue weighted by atomic mass is 16.5. The third-order valence-electron chi connectivity index (χ3n) is 3.99. The number of hydrogen-bond donors (Lipinski definition) is 0. The van der Waals surface area contributed by atoms with Gasteiger partial charge in [0, 0.05) is 12.8 Å². The van der Waals surface area contributed by atoms with Gasteiger partial charge in [0.15, 0.2) is 0 Å². The maximum atomic E-state index is 11.8. The van der Waals surface area contributed by atoms with Crippen LogP contribution in [-0.4, -0.2) is 18.5 Å². The lowest BCUT2D eigenvalue weighted by atomic mass is 10.1. The van der Waals surface area contributed by atoms with Crippen molar-refractivity contribution in [2.45, 2.75) is 78.1 Å². The summed E-state index contributed by atoms with van der Waals surface area (Å²) >= 11 is 0. The zero-order valence-electron chi connectivity index (χ0n) is 15.7. The van der Waals surface area contributed by atoms with Gasteiger partial charge >= 0.3 is 11.9 Å². The molecule has 0 atom stereocenters. The molecule has 0 saturated carbocycles. The third kappa shape index (κ3) is 11.4. The second kappa shape index (κ2) is 13.5. The molecule has 0 N–H and O–H groups in total. The summed E-state index contributed by atoms with van der Waals surface area (Å²) in [6.07, 6.45) is 8.94. The summed E-state index contributed by atoms with van der Waals surface area (Å²) in [7, 11) is 0. The molecule has 0 spiro atoms. The van der Waals surface area contributed by atoms with Crippen molar-refractivity contribution in [3.63, 3.8) is 0 Å². The van der Waals surface area contributed by atoms with Crippen molar-refractivity contribution in [1.29, 1.82) is 0 Å². The molecule has 4 heteroatoms. The Hall–Kier alpha value is -1.84. The van der Waals surface area contributed by atoms with Crippen molar-refractivity contribution < 1.29 is 19.1 Å². The summed E-state index contributed by atoms with van der Waals surface area (Å²) in [4.78, 5) is 23.2. The van der Waals surface area contributed by atoms with Gasteiger partial charge in [0.05, 0.1) is 6.61 Å². The fourth-order valence-electron chi connectivity index (χ4n) is 2.51. The molecule has 25 heavy (non-hydrogen) atoms. The smallest absolute Gasteiger partial charge is 0.311 e. The molecule has 0 amide bonds. The second-order valence-corrected chi connectivity index (χ2v) is 6.49. The number of benzene rings is 1. The van der Waals surface area contributed by atoms with Crippen LogP contribution in [0.15, 0.2) is 24.3 Å². The Morgan fingerprint density at radius 1 is 0.880 bits per heavy atom. The number of ether oxygens (including phenoxy) is 2. The van der Waals surface area contributed by atoms with Crippen LogP contribution in [-0.2, 0) is 14.3 Å². The van der Waals surface area contributed by atoms with Gasteiger partial charge in [-0.25, -0.2) is 0 Å². The number of hydrogen-bond acceptors (Lipinski definition) is 4. The van der Waals surface area contributed by atoms with E-state index in [1.807, 2.05) is 25.1 Å². The molecule has 1 aromatic carbocycles. The van der Waals surface area contributed by atoms with E-state index in [1.165, 1.54) is 0 Å². The first-order valence-corrected chi connectivity index (χ1v) is 9.54. The average molecular weight is 348 g/mol. The SMILES string of the molecule is CCCCOC(=O)CCCCCCCCC(=O)Oc1cccc(C)c1. The molecule has 0 aliphatic heterocycles. The molecule has 0 saturated heterocycles. The minimum Gasteiger partial charge on any atom is -0.466 e. The first kappa shape index (κ1) is 21.2. The topological polar surface area (TPSA) is 52.6 Å². The molecular weight excluding hydrogens is 316 g/mol. The predicted octanol–water partition coefficient (Wildman–Crippen LogP) is 5.36. The van der Waals surface area contributed by atoms with Gasteiger partial charge in [-0.2, -0.15) is 0 Å². The van der Waals surface area contributed by atoms with Gasteiger partial charge in [0.25, 0.3) is 0 Å². The number of carbonyl (C=O) groups is 2. The normalized spacial score (nSPS) is 10.5. The first-order chi connectivity index (χ1) is 12.1. The molecule has 140 valence electrons. The number of rotatable bonds is 13. The van der Waals surface area contributed by atoms with E-state index in [2.05, 4.69) is 6.92 Å². The Bertz CT molecular complexity index is 510. The standard InChI is InChI=1S/C21H32O4/c1-3-4-16-24-20(22)14-9-7-5-6-8-10-15-21(23)25-19-13-11-12-18(2)17-19/h11-13,17H,3-10,14-16H2,1-2H3. The summed E-state index contributed by atoms with van der Waals surface area (Å²) in [5.41, 5.74) is 1.08. The predicted molar refractivity (Wildman–Crippen MR) is 99.6 cm³/mol. The number of carbonyl (C=O) groups excluding carboxylic acids is 2. The van der Waals surface area contributed by atoms with Crippen LogP contribution in [0.1, 0.15) is 76.7 Å². The summed E-state index contributed by atoms with van der Waals surface area (Å²) < 4.78 is 10.4. The summed E-state index contributed by atoms with van der Waals surface area (Å²) in [6, 6.07) is 7.53. The highest BCUT2D eigenvalue weighted by Gasteiger charge is 2.05. The lowest BCUT2D eigenvalue weighted by molar-refractivity contribution is -0.144. The lowest BCUT2D eigenvalue weighted by Gasteiger charge is -2.05. The number of aryl methyl sites for hydroxylation is 1. The molecule has 0 aromatic heterocycles. The minimum absolute atomic E-state index is 0.0765. The molecule has 0 aliphatic rings. The minimum atomic E-state index is -0.166. The van der Waals surface area contributed by atoms with Gasteiger partial charge in [-0.1, -0.05) is 51.2 Å². The Morgan fingerprint density at radius 3 is 2.16 bits per heavy atom. The lowest BCUT2D eigenvalue weighted by Crippen LogP contribution is -2.07. The number of unbranched alkanes of at least 4 members (excludes halogenated alkanes) is 6. The van der Waals surface area contributed by atoms with Crippen molar-refractivity contribution >= 4 is 11.9 Å². The van der Waals surface area contributed by atoms with Gasteiger partial charge in [-0.3, -0.25) is 9.59 Å². The van der Waals surface area contributed by atoms with Crippen LogP contribution < -0.4 is 4.74 Å². The molecule has 0 aliphatic carbocycles. The van der Waals surface area contributed by atoms with Crippen LogP contribution in [0.5, 0.6) is 5.75 Å². The molecule has 0 bridgehead atoms. The van der Waals surface area contributed by atoms with E-state index in [0.717, 1.165) is 56.9 Å². The molecule has 0 radical (unpaired) electrons. The Labute approximate surface area is 151 Å². The Balaban J connectivity index is 1.94. The van der Waals surface area contributed by atoms with Gasteiger partial charge in [0.1, 0.15) is 5.75 Å². The van der Waals surface area contributed by atoms with E-state index in [9.17, 15) is 9.59 Å². The van der Waals surface area contributed by atoms with Crippen LogP contribution in [0.2, 0.25) is 0 Å². The second-order valence-electron chi connectivity index (χ2n) is 6.49. The summed E-state index contributed by atoms with van der Waals surface area (Å²) in [5.74, 6) is 0.378. The van der Waals surface area contributed by atoms with Crippen molar-refractivity contribution in [2.24, 2.45) is 0 Å². The molecule has 0 fully saturated rings. The number of esters is 2. The van der Waals surface area contributed by atoms with Gasteiger partial charge in [-0.05, 0) is 43.9 Å². The van der Waals surface area contributed by atoms with Crippen molar-refractivity contribution in [3.05, 3.63) is 29.8 Å². The summed E-state index contributed by atoms with van der Waals surface area (Å²) in [5, 5.41) is 0. The van der Waals surface area contributed by atoms with Gasteiger partial charge in [-0.15, -0.1) is 0 Å². The first-order valence-electron chi connectivity index (χ1n) is 9.54. The largest absolute Gasteiger partial charge is 0.466 e. The van der Waals surface area contributed by atoms with Crippen LogP contribution in [0.4, 0.5) is 0 Å². The van der Waals surface area contributed by atoms with E-state index < -0.39 is 0 Å². The molecule has 4 nitrogen and oxygen atoms in total. The van der Waals surface area contributed by atoms with Gasteiger partial charge in [0.2, 0.25) is 0 Å². The van der Waals surface area contributed by atoms with Crippen LogP contribution in [0, 0.1) is 6.92 Å². The van der Waals surface area contributed by atoms with Crippen molar-refractivity contribution in [3.8, 4) is 5.75 Å². The maximum Gasteiger partial charge on any atom is 0.311 e. The van der Waals surface area contributed by atoms with E-state index in [1.54, 1.807) is 6.07 Å². The molecule has 0 unspecified atom stereocenters. The third-order valence-corrected chi connectivity index (χ3v) is 3.99. The van der Waals surface area contributed by atoms with Crippen LogP contribution in [0.3, 0.4) is 0 Å². The Kier molecular flexibility index (Phi) is 11.4. The molecular formula is C21H32O4. The van der Waals surface area contributed by atoms with E-state index >= 15 is 0 Å². The molecule has 1 aromatic rings. The van der Waals surface area contributed by atoms with E-state index in [-0.39, 0.29) is 11.9 Å². The van der Waals surface area contributed by atoms with Crippen LogP contribution in [0.25, 0.3) is 0 Å². The molecule has 1 rings (SSSR count). The zero-order chi connectivity index (χ0) is 18.3. The average Bonchev–Trinajstić information content (AvgIpc) is 2.57.